The fraction of sp³-hybridized carbons (Fsp3) is 0.375. The number of hydrogen-bond acceptors (Lipinski definition) is 6. The van der Waals surface area contributed by atoms with Crippen LogP contribution in [0.3, 0.4) is 0 Å². The highest BCUT2D eigenvalue weighted by atomic mass is 16.5. The quantitative estimate of drug-likeness (QED) is 0.459. The number of rotatable bonds is 9. The number of hydrogen-bond donors (Lipinski definition) is 3. The molecule has 32 heavy (non-hydrogen) atoms. The van der Waals surface area contributed by atoms with Gasteiger partial charge in [-0.3, -0.25) is 9.78 Å². The van der Waals surface area contributed by atoms with Gasteiger partial charge in [-0.15, -0.1) is 0 Å². The Hall–Kier alpha value is -3.39. The van der Waals surface area contributed by atoms with E-state index in [0.29, 0.717) is 30.2 Å². The number of anilines is 1. The standard InChI is InChI=1S/C24H30N4O4/c1-16(2)10-20(23(30)27-21-14-25-8-9-26-21)28-15-19(12-22(28)29)32-18-7-5-6-17(11-18)13-24(3,4)31/h5-9,11-12,14-16,20,29,31H,10,13H2,1-4H3,(H,26,27,30)/t20-/m0/s1. The van der Waals surface area contributed by atoms with Crippen LogP contribution >= 0.6 is 0 Å². The number of nitrogens with zero attached hydrogens (tertiary/aromatic N) is 3. The van der Waals surface area contributed by atoms with Gasteiger partial charge in [0.25, 0.3) is 0 Å². The van der Waals surface area contributed by atoms with Crippen LogP contribution in [0.15, 0.2) is 55.1 Å². The summed E-state index contributed by atoms with van der Waals surface area (Å²) in [4.78, 5) is 21.0. The molecule has 3 aromatic rings. The van der Waals surface area contributed by atoms with Gasteiger partial charge in [0.05, 0.1) is 18.0 Å². The maximum absolute atomic E-state index is 13.0. The number of carbonyl (C=O) groups excluding carboxylic acids is 1. The predicted octanol–water partition coefficient (Wildman–Crippen LogP) is 4.32. The summed E-state index contributed by atoms with van der Waals surface area (Å²) < 4.78 is 7.43. The molecule has 8 heteroatoms. The van der Waals surface area contributed by atoms with Gasteiger partial charge < -0.3 is 24.8 Å². The molecule has 0 spiro atoms. The number of carbonyl (C=O) groups is 1. The minimum atomic E-state index is -0.833. The molecule has 0 aliphatic heterocycles. The monoisotopic (exact) mass is 438 g/mol. The van der Waals surface area contributed by atoms with Crippen LogP contribution in [0.5, 0.6) is 17.4 Å². The summed E-state index contributed by atoms with van der Waals surface area (Å²) in [6, 6.07) is 8.24. The Kier molecular flexibility index (Phi) is 7.15. The van der Waals surface area contributed by atoms with Crippen LogP contribution in [0, 0.1) is 5.92 Å². The van der Waals surface area contributed by atoms with E-state index in [1.165, 1.54) is 29.2 Å². The zero-order valence-electron chi connectivity index (χ0n) is 18.8. The van der Waals surface area contributed by atoms with E-state index < -0.39 is 11.6 Å². The molecule has 0 saturated carbocycles. The molecule has 0 aliphatic carbocycles. The average molecular weight is 439 g/mol. The highest BCUT2D eigenvalue weighted by Gasteiger charge is 2.25. The van der Waals surface area contributed by atoms with E-state index in [2.05, 4.69) is 15.3 Å². The molecule has 1 aromatic carbocycles. The molecule has 1 atom stereocenters. The van der Waals surface area contributed by atoms with Gasteiger partial charge in [-0.25, -0.2) is 4.98 Å². The van der Waals surface area contributed by atoms with Crippen molar-refractivity contribution in [2.75, 3.05) is 5.32 Å². The van der Waals surface area contributed by atoms with Crippen LogP contribution in [0.4, 0.5) is 5.82 Å². The van der Waals surface area contributed by atoms with E-state index in [0.717, 1.165) is 5.56 Å². The Balaban J connectivity index is 1.81. The lowest BCUT2D eigenvalue weighted by Gasteiger charge is -2.20. The zero-order chi connectivity index (χ0) is 23.3. The van der Waals surface area contributed by atoms with Crippen molar-refractivity contribution in [2.45, 2.75) is 52.2 Å². The molecule has 0 aliphatic rings. The lowest BCUT2D eigenvalue weighted by molar-refractivity contribution is -0.119. The van der Waals surface area contributed by atoms with Crippen molar-refractivity contribution in [3.63, 3.8) is 0 Å². The highest BCUT2D eigenvalue weighted by Crippen LogP contribution is 2.33. The Morgan fingerprint density at radius 2 is 2.00 bits per heavy atom. The number of benzene rings is 1. The first-order valence-electron chi connectivity index (χ1n) is 10.6. The molecule has 0 fully saturated rings. The van der Waals surface area contributed by atoms with Gasteiger partial charge in [-0.1, -0.05) is 26.0 Å². The Morgan fingerprint density at radius 1 is 1.22 bits per heavy atom. The molecular formula is C24H30N4O4. The van der Waals surface area contributed by atoms with Crippen LogP contribution < -0.4 is 10.1 Å². The summed E-state index contributed by atoms with van der Waals surface area (Å²) in [6.07, 6.45) is 7.10. The van der Waals surface area contributed by atoms with E-state index in [4.69, 9.17) is 4.74 Å². The van der Waals surface area contributed by atoms with Gasteiger partial charge in [0, 0.05) is 24.9 Å². The van der Waals surface area contributed by atoms with Crippen molar-refractivity contribution in [3.05, 3.63) is 60.7 Å². The van der Waals surface area contributed by atoms with E-state index in [9.17, 15) is 15.0 Å². The molecule has 170 valence electrons. The molecule has 8 nitrogen and oxygen atoms in total. The second kappa shape index (κ2) is 9.82. The van der Waals surface area contributed by atoms with Crippen molar-refractivity contribution < 1.29 is 19.7 Å². The Labute approximate surface area is 187 Å². The van der Waals surface area contributed by atoms with Crippen LogP contribution in [-0.4, -0.2) is 36.3 Å². The van der Waals surface area contributed by atoms with Gasteiger partial charge >= 0.3 is 0 Å². The Bertz CT molecular complexity index is 1040. The molecular weight excluding hydrogens is 408 g/mol. The SMILES string of the molecule is CC(C)C[C@@H](C(=O)Nc1cnccn1)n1cc(Oc2cccc(CC(C)(C)O)c2)cc1O. The van der Waals surface area contributed by atoms with E-state index in [-0.39, 0.29) is 17.7 Å². The fourth-order valence-electron chi connectivity index (χ4n) is 3.47. The molecule has 0 bridgehead atoms. The van der Waals surface area contributed by atoms with E-state index >= 15 is 0 Å². The average Bonchev–Trinajstić information content (AvgIpc) is 3.05. The third-order valence-corrected chi connectivity index (χ3v) is 4.72. The highest BCUT2D eigenvalue weighted by molar-refractivity contribution is 5.93. The summed E-state index contributed by atoms with van der Waals surface area (Å²) in [7, 11) is 0. The first-order valence-corrected chi connectivity index (χ1v) is 10.6. The molecule has 0 unspecified atom stereocenters. The predicted molar refractivity (Wildman–Crippen MR) is 122 cm³/mol. The van der Waals surface area contributed by atoms with E-state index in [1.807, 2.05) is 32.0 Å². The molecule has 2 aromatic heterocycles. The number of aromatic hydroxyl groups is 1. The maximum atomic E-state index is 13.0. The van der Waals surface area contributed by atoms with Crippen molar-refractivity contribution in [2.24, 2.45) is 5.92 Å². The number of aromatic nitrogens is 3. The minimum Gasteiger partial charge on any atom is -0.494 e. The van der Waals surface area contributed by atoms with E-state index in [1.54, 1.807) is 26.1 Å². The largest absolute Gasteiger partial charge is 0.494 e. The van der Waals surface area contributed by atoms with Gasteiger partial charge in [-0.05, 0) is 43.9 Å². The number of aliphatic hydroxyl groups is 1. The smallest absolute Gasteiger partial charge is 0.248 e. The number of nitrogens with one attached hydrogen (secondary N) is 1. The van der Waals surface area contributed by atoms with Crippen molar-refractivity contribution in [3.8, 4) is 17.4 Å². The first kappa shape index (κ1) is 23.3. The topological polar surface area (TPSA) is 110 Å². The number of ether oxygens (including phenoxy) is 1. The summed E-state index contributed by atoms with van der Waals surface area (Å²) in [6.45, 7) is 7.52. The van der Waals surface area contributed by atoms with Gasteiger partial charge in [0.15, 0.2) is 11.7 Å². The van der Waals surface area contributed by atoms with Gasteiger partial charge in [0.2, 0.25) is 5.91 Å². The summed E-state index contributed by atoms with van der Waals surface area (Å²) >= 11 is 0. The summed E-state index contributed by atoms with van der Waals surface area (Å²) in [5.74, 6) is 1.16. The number of amides is 1. The van der Waals surface area contributed by atoms with Crippen molar-refractivity contribution >= 4 is 11.7 Å². The molecule has 0 radical (unpaired) electrons. The fourth-order valence-corrected chi connectivity index (χ4v) is 3.47. The molecule has 2 heterocycles. The van der Waals surface area contributed by atoms with Crippen molar-refractivity contribution in [1.82, 2.24) is 14.5 Å². The van der Waals surface area contributed by atoms with Crippen LogP contribution in [0.1, 0.15) is 45.7 Å². The second-order valence-electron chi connectivity index (χ2n) is 8.91. The van der Waals surface area contributed by atoms with Gasteiger partial charge in [-0.2, -0.15) is 0 Å². The lowest BCUT2D eigenvalue weighted by atomic mass is 9.99. The minimum absolute atomic E-state index is 0.0763. The van der Waals surface area contributed by atoms with Crippen LogP contribution in [0.25, 0.3) is 0 Å². The van der Waals surface area contributed by atoms with Crippen molar-refractivity contribution in [1.29, 1.82) is 0 Å². The molecule has 3 N–H and O–H groups in total. The third kappa shape index (κ3) is 6.55. The second-order valence-corrected chi connectivity index (χ2v) is 8.91. The maximum Gasteiger partial charge on any atom is 0.248 e. The van der Waals surface area contributed by atoms with Gasteiger partial charge in [0.1, 0.15) is 17.5 Å². The lowest BCUT2D eigenvalue weighted by Crippen LogP contribution is -2.27. The first-order chi connectivity index (χ1) is 15.1. The third-order valence-electron chi connectivity index (χ3n) is 4.72. The summed E-state index contributed by atoms with van der Waals surface area (Å²) in [5, 5.41) is 23.4. The van der Waals surface area contributed by atoms with Crippen LogP contribution in [0.2, 0.25) is 0 Å². The van der Waals surface area contributed by atoms with Crippen LogP contribution in [-0.2, 0) is 11.2 Å². The Morgan fingerprint density at radius 3 is 2.66 bits per heavy atom. The summed E-state index contributed by atoms with van der Waals surface area (Å²) in [5.41, 5.74) is 0.0977. The normalized spacial score (nSPS) is 12.6. The zero-order valence-corrected chi connectivity index (χ0v) is 18.8. The molecule has 3 rings (SSSR count). The molecule has 0 saturated heterocycles. The molecule has 1 amide bonds.